The summed E-state index contributed by atoms with van der Waals surface area (Å²) in [7, 11) is 1.80. The molecule has 106 valence electrons. The summed E-state index contributed by atoms with van der Waals surface area (Å²) < 4.78 is 1.42. The molecule has 2 N–H and O–H groups in total. The lowest BCUT2D eigenvalue weighted by Crippen LogP contribution is -2.43. The standard InChI is InChI=1S/C12H16N6O2/c1-7-13-9(5-10-15-16-12(20)18(7)10)14-8-3-4-11(19)17(2)6-8/h5,8,14H,3-4,6H2,1-2H3,(H,16,20). The average Bonchev–Trinajstić information content (AvgIpc) is 2.76. The minimum Gasteiger partial charge on any atom is -0.365 e. The lowest BCUT2D eigenvalue weighted by atomic mass is 10.1. The van der Waals surface area contributed by atoms with Crippen molar-refractivity contribution in [3.05, 3.63) is 22.4 Å². The summed E-state index contributed by atoms with van der Waals surface area (Å²) in [6.45, 7) is 2.41. The summed E-state index contributed by atoms with van der Waals surface area (Å²) in [6, 6.07) is 1.89. The van der Waals surface area contributed by atoms with Crippen molar-refractivity contribution in [1.82, 2.24) is 24.5 Å². The van der Waals surface area contributed by atoms with E-state index in [9.17, 15) is 9.59 Å². The second-order valence-electron chi connectivity index (χ2n) is 5.07. The molecule has 0 aromatic carbocycles. The molecule has 2 aromatic heterocycles. The molecule has 3 rings (SSSR count). The topological polar surface area (TPSA) is 95.4 Å². The number of carbonyl (C=O) groups excluding carboxylic acids is 1. The Hall–Kier alpha value is -2.38. The van der Waals surface area contributed by atoms with Gasteiger partial charge in [0, 0.05) is 32.1 Å². The van der Waals surface area contributed by atoms with Crippen LogP contribution in [-0.2, 0) is 4.79 Å². The second kappa shape index (κ2) is 4.62. The zero-order chi connectivity index (χ0) is 14.3. The van der Waals surface area contributed by atoms with Crippen molar-refractivity contribution < 1.29 is 4.79 Å². The normalized spacial score (nSPS) is 19.6. The SMILES string of the molecule is Cc1nc(NC2CCC(=O)N(C)C2)cc2n[nH]c(=O)n12. The molecule has 0 aliphatic carbocycles. The van der Waals surface area contributed by atoms with E-state index >= 15 is 0 Å². The number of amides is 1. The smallest absolute Gasteiger partial charge is 0.349 e. The third kappa shape index (κ3) is 2.13. The van der Waals surface area contributed by atoms with Crippen LogP contribution in [0.4, 0.5) is 5.82 Å². The van der Waals surface area contributed by atoms with Gasteiger partial charge < -0.3 is 10.2 Å². The number of likely N-dealkylation sites (tertiary alicyclic amines) is 1. The zero-order valence-corrected chi connectivity index (χ0v) is 11.4. The van der Waals surface area contributed by atoms with Gasteiger partial charge in [-0.05, 0) is 13.3 Å². The first-order valence-electron chi connectivity index (χ1n) is 6.50. The van der Waals surface area contributed by atoms with Crippen molar-refractivity contribution >= 4 is 17.4 Å². The van der Waals surface area contributed by atoms with Gasteiger partial charge in [0.05, 0.1) is 0 Å². The molecule has 1 aliphatic rings. The number of piperidine rings is 1. The minimum atomic E-state index is -0.292. The fourth-order valence-corrected chi connectivity index (χ4v) is 2.51. The van der Waals surface area contributed by atoms with Crippen LogP contribution in [0.1, 0.15) is 18.7 Å². The Balaban J connectivity index is 1.84. The molecule has 20 heavy (non-hydrogen) atoms. The van der Waals surface area contributed by atoms with Crippen LogP contribution in [0.5, 0.6) is 0 Å². The first kappa shape index (κ1) is 12.6. The fraction of sp³-hybridized carbons (Fsp3) is 0.500. The number of nitrogens with zero attached hydrogens (tertiary/aromatic N) is 4. The van der Waals surface area contributed by atoms with Crippen LogP contribution >= 0.6 is 0 Å². The summed E-state index contributed by atoms with van der Waals surface area (Å²) in [5.74, 6) is 1.41. The maximum absolute atomic E-state index is 11.5. The molecule has 3 heterocycles. The van der Waals surface area contributed by atoms with Crippen molar-refractivity contribution in [2.45, 2.75) is 25.8 Å². The van der Waals surface area contributed by atoms with Crippen LogP contribution in [0, 0.1) is 6.92 Å². The maximum atomic E-state index is 11.5. The van der Waals surface area contributed by atoms with Crippen molar-refractivity contribution in [1.29, 1.82) is 0 Å². The van der Waals surface area contributed by atoms with Gasteiger partial charge in [0.15, 0.2) is 5.65 Å². The van der Waals surface area contributed by atoms with E-state index in [0.717, 1.165) is 6.42 Å². The van der Waals surface area contributed by atoms with E-state index in [1.54, 1.807) is 24.9 Å². The van der Waals surface area contributed by atoms with Gasteiger partial charge in [-0.1, -0.05) is 0 Å². The molecule has 8 nitrogen and oxygen atoms in total. The Morgan fingerprint density at radius 3 is 3.00 bits per heavy atom. The van der Waals surface area contributed by atoms with E-state index in [1.807, 2.05) is 0 Å². The number of hydrogen-bond acceptors (Lipinski definition) is 5. The molecule has 0 saturated carbocycles. The van der Waals surface area contributed by atoms with Crippen molar-refractivity contribution in [2.75, 3.05) is 18.9 Å². The van der Waals surface area contributed by atoms with Crippen LogP contribution in [-0.4, -0.2) is 50.0 Å². The Bertz CT molecular complexity index is 718. The largest absolute Gasteiger partial charge is 0.365 e. The van der Waals surface area contributed by atoms with Crippen LogP contribution < -0.4 is 11.0 Å². The van der Waals surface area contributed by atoms with Gasteiger partial charge in [0.25, 0.3) is 0 Å². The minimum absolute atomic E-state index is 0.165. The highest BCUT2D eigenvalue weighted by Gasteiger charge is 2.23. The molecular weight excluding hydrogens is 260 g/mol. The molecule has 8 heteroatoms. The van der Waals surface area contributed by atoms with E-state index in [0.29, 0.717) is 30.3 Å². The Morgan fingerprint density at radius 2 is 2.25 bits per heavy atom. The molecular formula is C12H16N6O2. The number of aryl methyl sites for hydroxylation is 1. The van der Waals surface area contributed by atoms with E-state index in [-0.39, 0.29) is 17.6 Å². The van der Waals surface area contributed by atoms with Crippen LogP contribution in [0.25, 0.3) is 5.65 Å². The monoisotopic (exact) mass is 276 g/mol. The predicted molar refractivity (Wildman–Crippen MR) is 72.6 cm³/mol. The third-order valence-electron chi connectivity index (χ3n) is 3.55. The highest BCUT2D eigenvalue weighted by Crippen LogP contribution is 2.15. The van der Waals surface area contributed by atoms with Crippen molar-refractivity contribution in [2.24, 2.45) is 0 Å². The van der Waals surface area contributed by atoms with E-state index in [4.69, 9.17) is 0 Å². The number of nitrogens with one attached hydrogen (secondary N) is 2. The summed E-state index contributed by atoms with van der Waals surface area (Å²) in [6.07, 6.45) is 1.32. The van der Waals surface area contributed by atoms with E-state index in [2.05, 4.69) is 20.5 Å². The molecule has 1 aliphatic heterocycles. The number of H-pyrrole nitrogens is 1. The number of fused-ring (bicyclic) bond motifs is 1. The van der Waals surface area contributed by atoms with E-state index in [1.165, 1.54) is 4.40 Å². The average molecular weight is 276 g/mol. The summed E-state index contributed by atoms with van der Waals surface area (Å²) >= 11 is 0. The lowest BCUT2D eigenvalue weighted by molar-refractivity contribution is -0.132. The molecule has 1 atom stereocenters. The molecule has 0 radical (unpaired) electrons. The lowest BCUT2D eigenvalue weighted by Gasteiger charge is -2.30. The Labute approximate surface area is 114 Å². The molecule has 0 spiro atoms. The van der Waals surface area contributed by atoms with Crippen LogP contribution in [0.2, 0.25) is 0 Å². The molecule has 1 unspecified atom stereocenters. The van der Waals surface area contributed by atoms with Crippen molar-refractivity contribution in [3.63, 3.8) is 0 Å². The molecule has 2 aromatic rings. The zero-order valence-electron chi connectivity index (χ0n) is 11.4. The van der Waals surface area contributed by atoms with Gasteiger partial charge in [-0.15, -0.1) is 0 Å². The van der Waals surface area contributed by atoms with Gasteiger partial charge >= 0.3 is 5.69 Å². The van der Waals surface area contributed by atoms with Gasteiger partial charge in [0.2, 0.25) is 5.91 Å². The molecule has 0 bridgehead atoms. The maximum Gasteiger partial charge on any atom is 0.349 e. The molecule has 1 fully saturated rings. The summed E-state index contributed by atoms with van der Waals surface area (Å²) in [5, 5.41) is 9.64. The number of carbonyl (C=O) groups is 1. The van der Waals surface area contributed by atoms with Gasteiger partial charge in [-0.2, -0.15) is 5.10 Å². The molecule has 1 saturated heterocycles. The first-order valence-corrected chi connectivity index (χ1v) is 6.50. The molecule has 1 amide bonds. The van der Waals surface area contributed by atoms with Gasteiger partial charge in [0.1, 0.15) is 11.6 Å². The number of likely N-dealkylation sites (N-methyl/N-ethyl adjacent to an activating group) is 1. The summed E-state index contributed by atoms with van der Waals surface area (Å²) in [4.78, 5) is 29.0. The number of rotatable bonds is 2. The second-order valence-corrected chi connectivity index (χ2v) is 5.07. The fourth-order valence-electron chi connectivity index (χ4n) is 2.51. The number of aromatic amines is 1. The predicted octanol–water partition coefficient (Wildman–Crippen LogP) is -0.241. The quantitative estimate of drug-likeness (QED) is 0.789. The Morgan fingerprint density at radius 1 is 1.45 bits per heavy atom. The van der Waals surface area contributed by atoms with Crippen LogP contribution in [0.15, 0.2) is 10.9 Å². The highest BCUT2D eigenvalue weighted by atomic mass is 16.2. The number of hydrogen-bond donors (Lipinski definition) is 2. The first-order chi connectivity index (χ1) is 9.54. The van der Waals surface area contributed by atoms with E-state index < -0.39 is 0 Å². The van der Waals surface area contributed by atoms with Crippen molar-refractivity contribution in [3.8, 4) is 0 Å². The number of aromatic nitrogens is 4. The summed E-state index contributed by atoms with van der Waals surface area (Å²) in [5.41, 5.74) is 0.241. The van der Waals surface area contributed by atoms with Gasteiger partial charge in [-0.25, -0.2) is 19.3 Å². The third-order valence-corrected chi connectivity index (χ3v) is 3.55. The Kier molecular flexibility index (Phi) is 2.92. The van der Waals surface area contributed by atoms with Gasteiger partial charge in [-0.3, -0.25) is 4.79 Å². The highest BCUT2D eigenvalue weighted by molar-refractivity contribution is 5.77. The van der Waals surface area contributed by atoms with Crippen LogP contribution in [0.3, 0.4) is 0 Å². The number of anilines is 1.